The molecule has 2 aliphatic heterocycles. The van der Waals surface area contributed by atoms with Gasteiger partial charge in [-0.15, -0.1) is 11.3 Å². The van der Waals surface area contributed by atoms with Crippen molar-refractivity contribution >= 4 is 22.2 Å². The number of hydrogen-bond acceptors (Lipinski definition) is 5. The first-order valence-electron chi connectivity index (χ1n) is 7.53. The average molecular weight is 319 g/mol. The number of nitrogens with zero attached hydrogens (tertiary/aromatic N) is 2. The van der Waals surface area contributed by atoms with E-state index in [2.05, 4.69) is 15.2 Å². The normalized spacial score (nSPS) is 27.7. The number of aromatic nitrogens is 1. The minimum atomic E-state index is -0.213. The van der Waals surface area contributed by atoms with Gasteiger partial charge in [-0.2, -0.15) is 0 Å². The van der Waals surface area contributed by atoms with Crippen molar-refractivity contribution in [1.82, 2.24) is 4.98 Å². The standard InChI is InChI=1S/C16H18FN3OS/c17-12-2-1-3-13(8-12)19-14-9-16(21-10-14)4-6-20(11-16)15-18-5-7-22-15/h1-3,5,7-8,14,19H,4,6,9-11H2/t14-,16-/m0/s1. The zero-order chi connectivity index (χ0) is 15.0. The second kappa shape index (κ2) is 5.52. The van der Waals surface area contributed by atoms with Crippen molar-refractivity contribution in [2.45, 2.75) is 24.5 Å². The van der Waals surface area contributed by atoms with Crippen LogP contribution in [0.1, 0.15) is 12.8 Å². The molecule has 4 nitrogen and oxygen atoms in total. The third-order valence-electron chi connectivity index (χ3n) is 4.41. The van der Waals surface area contributed by atoms with Gasteiger partial charge in [-0.05, 0) is 24.6 Å². The van der Waals surface area contributed by atoms with Crippen molar-refractivity contribution in [1.29, 1.82) is 0 Å². The largest absolute Gasteiger partial charge is 0.380 e. The zero-order valence-corrected chi connectivity index (χ0v) is 13.0. The molecule has 3 heterocycles. The molecule has 116 valence electrons. The van der Waals surface area contributed by atoms with Gasteiger partial charge in [0, 0.05) is 36.8 Å². The van der Waals surface area contributed by atoms with Crippen LogP contribution in [0.25, 0.3) is 0 Å². The van der Waals surface area contributed by atoms with E-state index in [0.717, 1.165) is 36.8 Å². The summed E-state index contributed by atoms with van der Waals surface area (Å²) in [6, 6.07) is 6.84. The SMILES string of the molecule is Fc1cccc(N[C@@H]2CO[C@@]3(CCN(c4nccs4)C3)C2)c1. The van der Waals surface area contributed by atoms with E-state index >= 15 is 0 Å². The van der Waals surface area contributed by atoms with Crippen LogP contribution < -0.4 is 10.2 Å². The molecule has 0 unspecified atom stereocenters. The van der Waals surface area contributed by atoms with Crippen molar-refractivity contribution in [3.63, 3.8) is 0 Å². The lowest BCUT2D eigenvalue weighted by Crippen LogP contribution is -2.33. The molecule has 2 aromatic rings. The minimum Gasteiger partial charge on any atom is -0.380 e. The Labute approximate surface area is 132 Å². The molecule has 1 aromatic carbocycles. The summed E-state index contributed by atoms with van der Waals surface area (Å²) in [5, 5.41) is 6.46. The molecule has 2 saturated heterocycles. The van der Waals surface area contributed by atoms with Crippen molar-refractivity contribution < 1.29 is 9.13 Å². The highest BCUT2D eigenvalue weighted by Gasteiger charge is 2.46. The molecule has 2 aliphatic rings. The van der Waals surface area contributed by atoms with Gasteiger partial charge in [0.2, 0.25) is 0 Å². The van der Waals surface area contributed by atoms with Crippen molar-refractivity contribution in [2.24, 2.45) is 0 Å². The van der Waals surface area contributed by atoms with Crippen molar-refractivity contribution in [3.05, 3.63) is 41.7 Å². The first-order chi connectivity index (χ1) is 10.7. The number of benzene rings is 1. The smallest absolute Gasteiger partial charge is 0.185 e. The molecule has 6 heteroatoms. The van der Waals surface area contributed by atoms with Crippen molar-refractivity contribution in [3.8, 4) is 0 Å². The Hall–Kier alpha value is -1.66. The van der Waals surface area contributed by atoms with Gasteiger partial charge in [0.25, 0.3) is 0 Å². The van der Waals surface area contributed by atoms with Crippen LogP contribution >= 0.6 is 11.3 Å². The number of anilines is 2. The van der Waals surface area contributed by atoms with E-state index in [0.29, 0.717) is 6.61 Å². The van der Waals surface area contributed by atoms with E-state index in [-0.39, 0.29) is 17.5 Å². The van der Waals surface area contributed by atoms with Crippen LogP contribution in [0, 0.1) is 5.82 Å². The Balaban J connectivity index is 1.40. The maximum absolute atomic E-state index is 13.3. The Morgan fingerprint density at radius 1 is 1.45 bits per heavy atom. The van der Waals surface area contributed by atoms with E-state index < -0.39 is 0 Å². The predicted molar refractivity (Wildman–Crippen MR) is 86.1 cm³/mol. The Morgan fingerprint density at radius 3 is 3.23 bits per heavy atom. The highest BCUT2D eigenvalue weighted by molar-refractivity contribution is 7.13. The van der Waals surface area contributed by atoms with Gasteiger partial charge in [-0.3, -0.25) is 0 Å². The molecule has 4 rings (SSSR count). The molecule has 1 N–H and O–H groups in total. The van der Waals surface area contributed by atoms with E-state index in [9.17, 15) is 4.39 Å². The Morgan fingerprint density at radius 2 is 2.41 bits per heavy atom. The first-order valence-corrected chi connectivity index (χ1v) is 8.41. The summed E-state index contributed by atoms with van der Waals surface area (Å²) in [6.07, 6.45) is 3.81. The summed E-state index contributed by atoms with van der Waals surface area (Å²) < 4.78 is 19.4. The second-order valence-corrected chi connectivity index (χ2v) is 6.91. The van der Waals surface area contributed by atoms with Crippen LogP contribution in [0.2, 0.25) is 0 Å². The molecule has 0 aliphatic carbocycles. The summed E-state index contributed by atoms with van der Waals surface area (Å²) in [5.41, 5.74) is 0.733. The Kier molecular flexibility index (Phi) is 3.50. The van der Waals surface area contributed by atoms with Crippen LogP contribution in [0.5, 0.6) is 0 Å². The first kappa shape index (κ1) is 14.0. The van der Waals surface area contributed by atoms with E-state index in [1.165, 1.54) is 12.1 Å². The maximum Gasteiger partial charge on any atom is 0.185 e. The monoisotopic (exact) mass is 319 g/mol. The van der Waals surface area contributed by atoms with Gasteiger partial charge in [0.15, 0.2) is 5.13 Å². The molecule has 0 bridgehead atoms. The molecule has 2 fully saturated rings. The molecular weight excluding hydrogens is 301 g/mol. The van der Waals surface area contributed by atoms with Crippen LogP contribution in [0.3, 0.4) is 0 Å². The minimum absolute atomic E-state index is 0.0866. The fourth-order valence-electron chi connectivity index (χ4n) is 3.42. The molecule has 0 amide bonds. The van der Waals surface area contributed by atoms with Crippen LogP contribution in [0.4, 0.5) is 15.2 Å². The van der Waals surface area contributed by atoms with Gasteiger partial charge in [-0.25, -0.2) is 9.37 Å². The third-order valence-corrected chi connectivity index (χ3v) is 5.24. The second-order valence-electron chi connectivity index (χ2n) is 6.04. The quantitative estimate of drug-likeness (QED) is 0.943. The fourth-order valence-corrected chi connectivity index (χ4v) is 4.09. The molecule has 22 heavy (non-hydrogen) atoms. The fraction of sp³-hybridized carbons (Fsp3) is 0.438. The number of nitrogens with one attached hydrogen (secondary N) is 1. The molecular formula is C16H18FN3OS. The summed E-state index contributed by atoms with van der Waals surface area (Å²) in [4.78, 5) is 6.68. The van der Waals surface area contributed by atoms with Gasteiger partial charge in [0.05, 0.1) is 18.2 Å². The summed E-state index contributed by atoms with van der Waals surface area (Å²) in [6.45, 7) is 2.55. The molecule has 0 saturated carbocycles. The zero-order valence-electron chi connectivity index (χ0n) is 12.2. The molecule has 2 atom stereocenters. The number of ether oxygens (including phenoxy) is 1. The van der Waals surface area contributed by atoms with E-state index in [4.69, 9.17) is 4.74 Å². The number of thiazole rings is 1. The highest BCUT2D eigenvalue weighted by Crippen LogP contribution is 2.38. The van der Waals surface area contributed by atoms with Crippen LogP contribution in [-0.2, 0) is 4.74 Å². The number of hydrogen-bond donors (Lipinski definition) is 1. The Bertz CT molecular complexity index is 651. The van der Waals surface area contributed by atoms with E-state index in [1.54, 1.807) is 17.4 Å². The van der Waals surface area contributed by atoms with Gasteiger partial charge in [0.1, 0.15) is 5.82 Å². The van der Waals surface area contributed by atoms with Crippen molar-refractivity contribution in [2.75, 3.05) is 29.9 Å². The van der Waals surface area contributed by atoms with Gasteiger partial charge in [-0.1, -0.05) is 6.07 Å². The van der Waals surface area contributed by atoms with Crippen LogP contribution in [0.15, 0.2) is 35.8 Å². The predicted octanol–water partition coefficient (Wildman–Crippen LogP) is 3.13. The topological polar surface area (TPSA) is 37.4 Å². The summed E-state index contributed by atoms with van der Waals surface area (Å²) in [7, 11) is 0. The lowest BCUT2D eigenvalue weighted by Gasteiger charge is -2.23. The van der Waals surface area contributed by atoms with Crippen LogP contribution in [-0.4, -0.2) is 36.3 Å². The average Bonchev–Trinajstić information content (AvgIpc) is 3.22. The van der Waals surface area contributed by atoms with Gasteiger partial charge < -0.3 is 15.0 Å². The van der Waals surface area contributed by atoms with Gasteiger partial charge >= 0.3 is 0 Å². The third kappa shape index (κ3) is 2.68. The molecule has 0 radical (unpaired) electrons. The lowest BCUT2D eigenvalue weighted by molar-refractivity contribution is 0.0229. The van der Waals surface area contributed by atoms with E-state index in [1.807, 2.05) is 17.6 Å². The summed E-state index contributed by atoms with van der Waals surface area (Å²) in [5.74, 6) is -0.213. The highest BCUT2D eigenvalue weighted by atomic mass is 32.1. The lowest BCUT2D eigenvalue weighted by atomic mass is 9.97. The summed E-state index contributed by atoms with van der Waals surface area (Å²) >= 11 is 1.67. The number of rotatable bonds is 3. The number of halogens is 1. The molecule has 1 aromatic heterocycles. The maximum atomic E-state index is 13.3. The molecule has 1 spiro atoms.